The van der Waals surface area contributed by atoms with Crippen molar-refractivity contribution in [3.8, 4) is 0 Å². The van der Waals surface area contributed by atoms with Gasteiger partial charge in [0.2, 0.25) is 0 Å². The molecule has 5 heteroatoms. The van der Waals surface area contributed by atoms with E-state index in [4.69, 9.17) is 5.11 Å². The van der Waals surface area contributed by atoms with Crippen molar-refractivity contribution >= 4 is 11.3 Å². The van der Waals surface area contributed by atoms with Crippen LogP contribution in [-0.2, 0) is 6.54 Å². The van der Waals surface area contributed by atoms with E-state index in [-0.39, 0.29) is 0 Å². The quantitative estimate of drug-likeness (QED) is 0.888. The van der Waals surface area contributed by atoms with Crippen molar-refractivity contribution in [2.75, 3.05) is 52.4 Å². The summed E-state index contributed by atoms with van der Waals surface area (Å²) in [6.07, 6.45) is 2.62. The zero-order valence-corrected chi connectivity index (χ0v) is 13.6. The van der Waals surface area contributed by atoms with E-state index >= 15 is 0 Å². The number of thiophene rings is 1. The van der Waals surface area contributed by atoms with Gasteiger partial charge < -0.3 is 5.11 Å². The number of hydrogen-bond acceptors (Lipinski definition) is 5. The zero-order valence-electron chi connectivity index (χ0n) is 12.8. The lowest BCUT2D eigenvalue weighted by molar-refractivity contribution is 0.0517. The van der Waals surface area contributed by atoms with E-state index < -0.39 is 0 Å². The summed E-state index contributed by atoms with van der Waals surface area (Å²) < 4.78 is 0. The lowest BCUT2D eigenvalue weighted by Gasteiger charge is -2.42. The molecule has 2 fully saturated rings. The average Bonchev–Trinajstić information content (AvgIpc) is 3.02. The van der Waals surface area contributed by atoms with Gasteiger partial charge in [0.25, 0.3) is 0 Å². The predicted octanol–water partition coefficient (Wildman–Crippen LogP) is 1.32. The fourth-order valence-electron chi connectivity index (χ4n) is 3.58. The van der Waals surface area contributed by atoms with Crippen molar-refractivity contribution < 1.29 is 5.11 Å². The summed E-state index contributed by atoms with van der Waals surface area (Å²) >= 11 is 1.80. The Labute approximate surface area is 132 Å². The first-order valence-corrected chi connectivity index (χ1v) is 9.10. The van der Waals surface area contributed by atoms with Crippen LogP contribution in [0.4, 0.5) is 0 Å². The number of β-amino-alcohol motifs (C(OH)–C–C–N with tert-alkyl or cyclic N) is 1. The second-order valence-electron chi connectivity index (χ2n) is 6.24. The van der Waals surface area contributed by atoms with E-state index in [1.807, 2.05) is 0 Å². The van der Waals surface area contributed by atoms with Crippen LogP contribution in [0.25, 0.3) is 0 Å². The molecule has 0 aliphatic carbocycles. The maximum absolute atomic E-state index is 9.01. The summed E-state index contributed by atoms with van der Waals surface area (Å²) in [6, 6.07) is 3.02. The Kier molecular flexibility index (Phi) is 5.66. The summed E-state index contributed by atoms with van der Waals surface area (Å²) in [5.74, 6) is 0. The number of piperidine rings is 1. The Morgan fingerprint density at radius 2 is 1.81 bits per heavy atom. The molecular weight excluding hydrogens is 282 g/mol. The second-order valence-corrected chi connectivity index (χ2v) is 7.02. The van der Waals surface area contributed by atoms with Crippen LogP contribution in [0.3, 0.4) is 0 Å². The normalized spacial score (nSPS) is 23.7. The van der Waals surface area contributed by atoms with Gasteiger partial charge in [0.15, 0.2) is 0 Å². The van der Waals surface area contributed by atoms with Crippen LogP contribution >= 0.6 is 11.3 Å². The summed E-state index contributed by atoms with van der Waals surface area (Å²) in [5.41, 5.74) is 1.47. The third-order valence-corrected chi connectivity index (χ3v) is 5.61. The van der Waals surface area contributed by atoms with Crippen molar-refractivity contribution in [2.45, 2.75) is 25.4 Å². The molecule has 1 aromatic rings. The molecule has 0 aromatic carbocycles. The van der Waals surface area contributed by atoms with Gasteiger partial charge in [-0.1, -0.05) is 0 Å². The summed E-state index contributed by atoms with van der Waals surface area (Å²) in [6.45, 7) is 9.32. The number of likely N-dealkylation sites (tertiary alicyclic amines) is 1. The topological polar surface area (TPSA) is 30.0 Å². The number of hydrogen-bond donors (Lipinski definition) is 1. The van der Waals surface area contributed by atoms with Gasteiger partial charge in [-0.2, -0.15) is 11.3 Å². The number of aliphatic hydroxyl groups excluding tert-OH is 1. The highest BCUT2D eigenvalue weighted by Crippen LogP contribution is 2.20. The molecule has 0 amide bonds. The number of rotatable bonds is 5. The van der Waals surface area contributed by atoms with Crippen LogP contribution in [0, 0.1) is 0 Å². The largest absolute Gasteiger partial charge is 0.395 e. The molecule has 2 aliphatic heterocycles. The van der Waals surface area contributed by atoms with Crippen molar-refractivity contribution in [2.24, 2.45) is 0 Å². The minimum atomic E-state index is 0.293. The molecule has 0 atom stereocenters. The molecule has 0 unspecified atom stereocenters. The number of piperazine rings is 1. The highest BCUT2D eigenvalue weighted by molar-refractivity contribution is 7.07. The molecule has 21 heavy (non-hydrogen) atoms. The standard InChI is InChI=1S/C16H27N3OS/c20-11-10-17-6-8-19(9-7-17)16-1-4-18(5-2-16)13-15-3-12-21-14-15/h3,12,14,16,20H,1-2,4-11,13H2. The highest BCUT2D eigenvalue weighted by Gasteiger charge is 2.27. The third kappa shape index (κ3) is 4.27. The molecule has 4 nitrogen and oxygen atoms in total. The molecule has 0 radical (unpaired) electrons. The minimum absolute atomic E-state index is 0.293. The van der Waals surface area contributed by atoms with Gasteiger partial charge >= 0.3 is 0 Å². The van der Waals surface area contributed by atoms with E-state index in [1.165, 1.54) is 44.6 Å². The first-order valence-electron chi connectivity index (χ1n) is 8.16. The van der Waals surface area contributed by atoms with Crippen molar-refractivity contribution in [3.05, 3.63) is 22.4 Å². The molecule has 1 N–H and O–H groups in total. The fraction of sp³-hybridized carbons (Fsp3) is 0.750. The van der Waals surface area contributed by atoms with Crippen molar-refractivity contribution in [1.29, 1.82) is 0 Å². The van der Waals surface area contributed by atoms with Gasteiger partial charge in [-0.05, 0) is 48.3 Å². The Balaban J connectivity index is 1.40. The summed E-state index contributed by atoms with van der Waals surface area (Å²) in [7, 11) is 0. The average molecular weight is 309 g/mol. The van der Waals surface area contributed by atoms with Gasteiger partial charge in [0, 0.05) is 45.3 Å². The van der Waals surface area contributed by atoms with E-state index in [0.717, 1.165) is 32.2 Å². The van der Waals surface area contributed by atoms with Crippen LogP contribution < -0.4 is 0 Å². The Morgan fingerprint density at radius 1 is 1.05 bits per heavy atom. The Hall–Kier alpha value is -0.460. The van der Waals surface area contributed by atoms with E-state index in [1.54, 1.807) is 11.3 Å². The molecule has 0 bridgehead atoms. The first-order chi connectivity index (χ1) is 10.3. The second kappa shape index (κ2) is 7.70. The molecule has 0 spiro atoms. The lowest BCUT2D eigenvalue weighted by Crippen LogP contribution is -2.53. The van der Waals surface area contributed by atoms with Crippen LogP contribution in [0.2, 0.25) is 0 Å². The van der Waals surface area contributed by atoms with Gasteiger partial charge in [-0.3, -0.25) is 14.7 Å². The third-order valence-electron chi connectivity index (χ3n) is 4.88. The van der Waals surface area contributed by atoms with Gasteiger partial charge in [0.05, 0.1) is 6.61 Å². The zero-order chi connectivity index (χ0) is 14.5. The highest BCUT2D eigenvalue weighted by atomic mass is 32.1. The van der Waals surface area contributed by atoms with Crippen LogP contribution in [0.1, 0.15) is 18.4 Å². The summed E-state index contributed by atoms with van der Waals surface area (Å²) in [5, 5.41) is 13.5. The van der Waals surface area contributed by atoms with E-state index in [0.29, 0.717) is 6.61 Å². The molecule has 0 saturated carbocycles. The van der Waals surface area contributed by atoms with Crippen LogP contribution in [0.5, 0.6) is 0 Å². The Bertz CT molecular complexity index is 396. The molecule has 1 aromatic heterocycles. The predicted molar refractivity (Wildman–Crippen MR) is 87.7 cm³/mol. The van der Waals surface area contributed by atoms with Crippen LogP contribution in [-0.4, -0.2) is 78.3 Å². The van der Waals surface area contributed by atoms with Crippen molar-refractivity contribution in [3.63, 3.8) is 0 Å². The number of nitrogens with zero attached hydrogens (tertiary/aromatic N) is 3. The van der Waals surface area contributed by atoms with Crippen LogP contribution in [0.15, 0.2) is 16.8 Å². The molecule has 3 rings (SSSR count). The van der Waals surface area contributed by atoms with E-state index in [2.05, 4.69) is 31.5 Å². The SMILES string of the molecule is OCCN1CCN(C2CCN(Cc3ccsc3)CC2)CC1. The molecule has 2 aliphatic rings. The van der Waals surface area contributed by atoms with Gasteiger partial charge in [-0.15, -0.1) is 0 Å². The van der Waals surface area contributed by atoms with Crippen molar-refractivity contribution in [1.82, 2.24) is 14.7 Å². The maximum atomic E-state index is 9.01. The molecular formula is C16H27N3OS. The monoisotopic (exact) mass is 309 g/mol. The fourth-order valence-corrected chi connectivity index (χ4v) is 4.24. The van der Waals surface area contributed by atoms with Gasteiger partial charge in [0.1, 0.15) is 0 Å². The maximum Gasteiger partial charge on any atom is 0.0558 e. The number of aliphatic hydroxyl groups is 1. The molecule has 2 saturated heterocycles. The lowest BCUT2D eigenvalue weighted by atomic mass is 10.0. The first kappa shape index (κ1) is 15.4. The van der Waals surface area contributed by atoms with E-state index in [9.17, 15) is 0 Å². The summed E-state index contributed by atoms with van der Waals surface area (Å²) in [4.78, 5) is 7.65. The van der Waals surface area contributed by atoms with Gasteiger partial charge in [-0.25, -0.2) is 0 Å². The minimum Gasteiger partial charge on any atom is -0.395 e. The molecule has 3 heterocycles. The molecule has 118 valence electrons. The Morgan fingerprint density at radius 3 is 2.43 bits per heavy atom. The smallest absolute Gasteiger partial charge is 0.0558 e.